The van der Waals surface area contributed by atoms with Gasteiger partial charge in [0.05, 0.1) is 7.11 Å². The molecule has 0 heterocycles. The molecule has 0 radical (unpaired) electrons. The van der Waals surface area contributed by atoms with Crippen molar-refractivity contribution in [2.45, 2.75) is 97.3 Å². The van der Waals surface area contributed by atoms with Crippen molar-refractivity contribution < 1.29 is 18.3 Å². The summed E-state index contributed by atoms with van der Waals surface area (Å²) in [6, 6.07) is 0. The van der Waals surface area contributed by atoms with Crippen molar-refractivity contribution in [1.29, 1.82) is 0 Å². The lowest BCUT2D eigenvalue weighted by Gasteiger charge is -2.61. The number of methoxy groups -OCH3 is 1. The van der Waals surface area contributed by atoms with Crippen LogP contribution in [0.25, 0.3) is 0 Å². The molecule has 0 bridgehead atoms. The van der Waals surface area contributed by atoms with Crippen LogP contribution < -0.4 is 0 Å². The van der Waals surface area contributed by atoms with Crippen LogP contribution in [0.5, 0.6) is 0 Å². The summed E-state index contributed by atoms with van der Waals surface area (Å²) in [6.07, 6.45) is 9.56. The van der Waals surface area contributed by atoms with Crippen molar-refractivity contribution in [1.82, 2.24) is 0 Å². The van der Waals surface area contributed by atoms with E-state index in [1.807, 2.05) is 0 Å². The summed E-state index contributed by atoms with van der Waals surface area (Å²) in [5.41, 5.74) is 0.485. The first kappa shape index (κ1) is 21.6. The molecule has 4 aliphatic carbocycles. The molecule has 0 saturated heterocycles. The molecule has 2 nitrogen and oxygen atoms in total. The van der Waals surface area contributed by atoms with Gasteiger partial charge >= 0.3 is 5.97 Å². The molecular weight excluding hydrogens is 370 g/mol. The van der Waals surface area contributed by atoms with E-state index < -0.39 is 5.92 Å². The Labute approximate surface area is 175 Å². The minimum absolute atomic E-state index is 0.0956. The largest absolute Gasteiger partial charge is 0.469 e. The maximum absolute atomic E-state index is 14.1. The SMILES string of the molecule is COC(=O)CC[C@@H](C)[C@H]1CC[C@H]2[C@@H]3CCC4CC(F)(F)CC[C@]4(C)[C@H]3CC[C@]12C. The fraction of sp³-hybridized carbons (Fsp3) is 0.960. The summed E-state index contributed by atoms with van der Waals surface area (Å²) in [7, 11) is 1.47. The number of ether oxygens (including phenoxy) is 1. The average Bonchev–Trinajstić information content (AvgIpc) is 3.03. The number of esters is 1. The standard InChI is InChI=1S/C25H40F2O2/c1-16(5-10-22(28)29-4)19-8-9-20-18-7-6-17-15-25(26,27)14-13-23(17,2)21(18)11-12-24(19,20)3/h16-21H,5-15H2,1-4H3/t16-,17?,18+,19-,20+,21+,23+,24-/m1/s1. The van der Waals surface area contributed by atoms with Crippen LogP contribution >= 0.6 is 0 Å². The van der Waals surface area contributed by atoms with Crippen LogP contribution in [0.3, 0.4) is 0 Å². The summed E-state index contributed by atoms with van der Waals surface area (Å²) in [5, 5.41) is 0. The zero-order valence-electron chi connectivity index (χ0n) is 18.8. The molecule has 29 heavy (non-hydrogen) atoms. The van der Waals surface area contributed by atoms with Gasteiger partial charge in [-0.2, -0.15) is 0 Å². The highest BCUT2D eigenvalue weighted by Gasteiger charge is 2.62. The van der Waals surface area contributed by atoms with Gasteiger partial charge < -0.3 is 4.74 Å². The Bertz CT molecular complexity index is 634. The Morgan fingerprint density at radius 1 is 1.00 bits per heavy atom. The smallest absolute Gasteiger partial charge is 0.305 e. The molecule has 0 amide bonds. The number of rotatable bonds is 4. The average molecular weight is 411 g/mol. The quantitative estimate of drug-likeness (QED) is 0.473. The van der Waals surface area contributed by atoms with Crippen LogP contribution in [0.1, 0.15) is 91.4 Å². The van der Waals surface area contributed by atoms with Crippen molar-refractivity contribution in [3.8, 4) is 0 Å². The van der Waals surface area contributed by atoms with Gasteiger partial charge in [-0.15, -0.1) is 0 Å². The van der Waals surface area contributed by atoms with E-state index in [1.54, 1.807) is 0 Å². The van der Waals surface area contributed by atoms with E-state index in [-0.39, 0.29) is 30.1 Å². The van der Waals surface area contributed by atoms with Crippen LogP contribution in [0.2, 0.25) is 0 Å². The third kappa shape index (κ3) is 3.55. The van der Waals surface area contributed by atoms with Crippen molar-refractivity contribution in [2.75, 3.05) is 7.11 Å². The van der Waals surface area contributed by atoms with Gasteiger partial charge in [0.1, 0.15) is 0 Å². The van der Waals surface area contributed by atoms with Crippen molar-refractivity contribution >= 4 is 5.97 Å². The third-order valence-electron chi connectivity index (χ3n) is 10.4. The second kappa shape index (κ2) is 7.48. The van der Waals surface area contributed by atoms with Crippen molar-refractivity contribution in [2.24, 2.45) is 46.3 Å². The summed E-state index contributed by atoms with van der Waals surface area (Å²) in [5.74, 6) is 1.01. The van der Waals surface area contributed by atoms with E-state index in [4.69, 9.17) is 4.74 Å². The molecule has 4 saturated carbocycles. The first-order chi connectivity index (χ1) is 13.6. The van der Waals surface area contributed by atoms with Crippen LogP contribution in [-0.4, -0.2) is 19.0 Å². The zero-order valence-corrected chi connectivity index (χ0v) is 18.8. The number of halogens is 2. The van der Waals surface area contributed by atoms with Gasteiger partial charge in [0.25, 0.3) is 0 Å². The lowest BCUT2D eigenvalue weighted by atomic mass is 9.44. The minimum Gasteiger partial charge on any atom is -0.469 e. The third-order valence-corrected chi connectivity index (χ3v) is 10.4. The Morgan fingerprint density at radius 3 is 2.45 bits per heavy atom. The summed E-state index contributed by atoms with van der Waals surface area (Å²) in [6.45, 7) is 7.20. The fourth-order valence-corrected chi connectivity index (χ4v) is 8.80. The van der Waals surface area contributed by atoms with E-state index in [9.17, 15) is 13.6 Å². The molecule has 0 aromatic heterocycles. The number of hydrogen-bond donors (Lipinski definition) is 0. The van der Waals surface area contributed by atoms with Crippen LogP contribution in [0.4, 0.5) is 8.78 Å². The van der Waals surface area contributed by atoms with Gasteiger partial charge in [-0.05, 0) is 97.7 Å². The van der Waals surface area contributed by atoms with Gasteiger partial charge in [0.15, 0.2) is 0 Å². The van der Waals surface area contributed by atoms with Crippen LogP contribution in [0.15, 0.2) is 0 Å². The van der Waals surface area contributed by atoms with E-state index in [0.29, 0.717) is 36.0 Å². The molecule has 1 unspecified atom stereocenters. The van der Waals surface area contributed by atoms with Crippen LogP contribution in [0, 0.1) is 46.3 Å². The second-order valence-corrected chi connectivity index (χ2v) is 11.5. The van der Waals surface area contributed by atoms with Gasteiger partial charge in [0, 0.05) is 19.3 Å². The van der Waals surface area contributed by atoms with Crippen molar-refractivity contribution in [3.63, 3.8) is 0 Å². The number of fused-ring (bicyclic) bond motifs is 5. The molecule has 0 aromatic carbocycles. The highest BCUT2D eigenvalue weighted by Crippen LogP contribution is 2.69. The van der Waals surface area contributed by atoms with Gasteiger partial charge in [-0.25, -0.2) is 8.78 Å². The molecule has 0 spiro atoms. The molecule has 0 aliphatic heterocycles. The van der Waals surface area contributed by atoms with Gasteiger partial charge in [-0.3, -0.25) is 4.79 Å². The summed E-state index contributed by atoms with van der Waals surface area (Å²) in [4.78, 5) is 11.6. The predicted molar refractivity (Wildman–Crippen MR) is 111 cm³/mol. The van der Waals surface area contributed by atoms with Gasteiger partial charge in [0.2, 0.25) is 5.92 Å². The Balaban J connectivity index is 1.49. The minimum atomic E-state index is -2.44. The topological polar surface area (TPSA) is 26.3 Å². The molecule has 8 atom stereocenters. The van der Waals surface area contributed by atoms with Crippen molar-refractivity contribution in [3.05, 3.63) is 0 Å². The van der Waals surface area contributed by atoms with E-state index in [2.05, 4.69) is 20.8 Å². The first-order valence-electron chi connectivity index (χ1n) is 12.1. The number of carbonyl (C=O) groups excluding carboxylic acids is 1. The molecule has 166 valence electrons. The van der Waals surface area contributed by atoms with E-state index in [1.165, 1.54) is 32.8 Å². The lowest BCUT2D eigenvalue weighted by Crippen LogP contribution is -2.55. The Morgan fingerprint density at radius 2 is 1.72 bits per heavy atom. The highest BCUT2D eigenvalue weighted by atomic mass is 19.3. The number of hydrogen-bond acceptors (Lipinski definition) is 2. The maximum atomic E-state index is 14.1. The molecule has 4 rings (SSSR count). The summed E-state index contributed by atoms with van der Waals surface area (Å²) >= 11 is 0. The molecule has 4 fully saturated rings. The predicted octanol–water partition coefficient (Wildman–Crippen LogP) is 6.87. The summed E-state index contributed by atoms with van der Waals surface area (Å²) < 4.78 is 33.1. The monoisotopic (exact) mass is 410 g/mol. The second-order valence-electron chi connectivity index (χ2n) is 11.5. The van der Waals surface area contributed by atoms with Crippen LogP contribution in [-0.2, 0) is 9.53 Å². The zero-order chi connectivity index (χ0) is 21.0. The Hall–Kier alpha value is -0.670. The van der Waals surface area contributed by atoms with E-state index in [0.717, 1.165) is 31.1 Å². The first-order valence-corrected chi connectivity index (χ1v) is 12.1. The molecule has 0 N–H and O–H groups in total. The maximum Gasteiger partial charge on any atom is 0.305 e. The highest BCUT2D eigenvalue weighted by molar-refractivity contribution is 5.69. The molecular formula is C25H40F2O2. The van der Waals surface area contributed by atoms with E-state index >= 15 is 0 Å². The number of alkyl halides is 2. The fourth-order valence-electron chi connectivity index (χ4n) is 8.80. The molecule has 0 aromatic rings. The van der Waals surface area contributed by atoms with Gasteiger partial charge in [-0.1, -0.05) is 20.8 Å². The number of carbonyl (C=O) groups is 1. The lowest BCUT2D eigenvalue weighted by molar-refractivity contribution is -0.164. The normalized spacial score (nSPS) is 46.9. The Kier molecular flexibility index (Phi) is 5.56. The molecule has 4 heteroatoms. The molecule has 4 aliphatic rings.